The van der Waals surface area contributed by atoms with Crippen LogP contribution in [0.3, 0.4) is 0 Å². The lowest BCUT2D eigenvalue weighted by molar-refractivity contribution is 0.103. The summed E-state index contributed by atoms with van der Waals surface area (Å²) in [5, 5.41) is 0. The minimum atomic E-state index is -0.533. The highest BCUT2D eigenvalue weighted by atomic mass is 31.1. The van der Waals surface area contributed by atoms with Gasteiger partial charge in [-0.25, -0.2) is 4.57 Å². The number of para-hydroxylation sites is 1. The normalized spacial score (nSPS) is 10.7. The molecule has 0 unspecified atom stereocenters. The van der Waals surface area contributed by atoms with Gasteiger partial charge in [-0.1, -0.05) is 48.5 Å². The molecule has 28 heavy (non-hydrogen) atoms. The molecular weight excluding hydrogens is 371 g/mol. The van der Waals surface area contributed by atoms with Gasteiger partial charge in [-0.2, -0.15) is 0 Å². The van der Waals surface area contributed by atoms with E-state index in [1.54, 1.807) is 43.3 Å². The molecule has 0 bridgehead atoms. The van der Waals surface area contributed by atoms with Gasteiger partial charge in [0.2, 0.25) is 0 Å². The topological polar surface area (TPSA) is 60.4 Å². The fourth-order valence-corrected chi connectivity index (χ4v) is 3.77. The third kappa shape index (κ3) is 3.64. The van der Waals surface area contributed by atoms with E-state index >= 15 is 0 Å². The molecule has 0 aliphatic carbocycles. The Morgan fingerprint density at radius 2 is 1.36 bits per heavy atom. The van der Waals surface area contributed by atoms with E-state index in [0.717, 1.165) is 11.1 Å². The average Bonchev–Trinajstić information content (AvgIpc) is 2.68. The molecule has 0 N–H and O–H groups in total. The van der Waals surface area contributed by atoms with Crippen LogP contribution in [0.2, 0.25) is 0 Å². The van der Waals surface area contributed by atoms with E-state index in [1.807, 2.05) is 38.1 Å². The van der Waals surface area contributed by atoms with Crippen LogP contribution in [-0.2, 0) is 4.57 Å². The Morgan fingerprint density at radius 3 is 2.00 bits per heavy atom. The van der Waals surface area contributed by atoms with Crippen molar-refractivity contribution in [2.45, 2.75) is 20.8 Å². The molecule has 0 saturated carbocycles. The van der Waals surface area contributed by atoms with Crippen LogP contribution >= 0.6 is 8.69 Å². The molecule has 0 saturated heterocycles. The Bertz CT molecular complexity index is 1070. The van der Waals surface area contributed by atoms with Crippen molar-refractivity contribution in [2.24, 2.45) is 0 Å². The molecule has 3 aromatic carbocycles. The Balaban J connectivity index is 2.17. The van der Waals surface area contributed by atoms with Crippen LogP contribution in [0.1, 0.15) is 48.5 Å². The lowest BCUT2D eigenvalue weighted by Crippen LogP contribution is -2.14. The summed E-state index contributed by atoms with van der Waals surface area (Å²) >= 11 is 0. The van der Waals surface area contributed by atoms with Gasteiger partial charge in [-0.3, -0.25) is 9.59 Å². The van der Waals surface area contributed by atoms with Gasteiger partial charge in [0, 0.05) is 16.7 Å². The number of carbonyl (C=O) groups excluding carboxylic acids is 2. The van der Waals surface area contributed by atoms with Gasteiger partial charge in [0.25, 0.3) is 0 Å². The number of aryl methyl sites for hydroxylation is 2. The van der Waals surface area contributed by atoms with Crippen LogP contribution in [0, 0.1) is 20.8 Å². The first kappa shape index (κ1) is 19.7. The molecule has 140 valence electrons. The first-order valence-electron chi connectivity index (χ1n) is 8.79. The SMILES string of the molecule is Cc1cc(C)c(C(=O)c2ccccc2OP=O)c(C)c1C(=O)c1ccccc1. The number of hydrogen-bond acceptors (Lipinski definition) is 4. The fourth-order valence-electron chi connectivity index (χ4n) is 3.53. The van der Waals surface area contributed by atoms with Gasteiger partial charge in [0.15, 0.2) is 11.6 Å². The fraction of sp³-hybridized carbons (Fsp3) is 0.130. The van der Waals surface area contributed by atoms with E-state index in [0.29, 0.717) is 27.8 Å². The zero-order valence-electron chi connectivity index (χ0n) is 15.9. The van der Waals surface area contributed by atoms with Crippen LogP contribution in [-0.4, -0.2) is 11.6 Å². The summed E-state index contributed by atoms with van der Waals surface area (Å²) in [5.74, 6) is -0.150. The molecule has 3 rings (SSSR count). The van der Waals surface area contributed by atoms with Crippen molar-refractivity contribution in [2.75, 3.05) is 0 Å². The molecule has 0 aliphatic heterocycles. The Kier molecular flexibility index (Phi) is 5.81. The molecule has 0 aromatic heterocycles. The number of hydrogen-bond donors (Lipinski definition) is 0. The van der Waals surface area contributed by atoms with Crippen LogP contribution < -0.4 is 4.52 Å². The summed E-state index contributed by atoms with van der Waals surface area (Å²) in [4.78, 5) is 26.4. The zero-order valence-corrected chi connectivity index (χ0v) is 16.7. The predicted octanol–water partition coefficient (Wildman–Crippen LogP) is 5.66. The highest BCUT2D eigenvalue weighted by molar-refractivity contribution is 7.17. The second-order valence-corrected chi connectivity index (χ2v) is 6.90. The Hall–Kier alpha value is -3.10. The lowest BCUT2D eigenvalue weighted by Gasteiger charge is -2.17. The summed E-state index contributed by atoms with van der Waals surface area (Å²) in [6.45, 7) is 5.51. The number of carbonyl (C=O) groups is 2. The van der Waals surface area contributed by atoms with Gasteiger partial charge in [-0.15, -0.1) is 0 Å². The largest absolute Gasteiger partial charge is 0.407 e. The molecule has 0 amide bonds. The Labute approximate surface area is 165 Å². The summed E-state index contributed by atoms with van der Waals surface area (Å²) in [7, 11) is -0.533. The van der Waals surface area contributed by atoms with Crippen molar-refractivity contribution in [1.82, 2.24) is 0 Å². The third-order valence-corrected chi connectivity index (χ3v) is 5.00. The maximum Gasteiger partial charge on any atom is 0.395 e. The van der Waals surface area contributed by atoms with Crippen molar-refractivity contribution < 1.29 is 18.7 Å². The summed E-state index contributed by atoms with van der Waals surface area (Å²) in [6, 6.07) is 17.5. The molecule has 5 heteroatoms. The van der Waals surface area contributed by atoms with E-state index in [9.17, 15) is 14.2 Å². The van der Waals surface area contributed by atoms with Crippen molar-refractivity contribution in [1.29, 1.82) is 0 Å². The quantitative estimate of drug-likeness (QED) is 0.403. The third-order valence-electron chi connectivity index (χ3n) is 4.73. The number of ketones is 2. The first-order chi connectivity index (χ1) is 13.5. The van der Waals surface area contributed by atoms with E-state index in [4.69, 9.17) is 4.52 Å². The molecule has 4 nitrogen and oxygen atoms in total. The van der Waals surface area contributed by atoms with Crippen molar-refractivity contribution >= 4 is 20.3 Å². The van der Waals surface area contributed by atoms with E-state index in [-0.39, 0.29) is 17.3 Å². The highest BCUT2D eigenvalue weighted by Crippen LogP contribution is 2.30. The van der Waals surface area contributed by atoms with Gasteiger partial charge < -0.3 is 4.52 Å². The predicted molar refractivity (Wildman–Crippen MR) is 109 cm³/mol. The highest BCUT2D eigenvalue weighted by Gasteiger charge is 2.24. The summed E-state index contributed by atoms with van der Waals surface area (Å²) in [5.41, 5.74) is 4.10. The molecule has 0 heterocycles. The molecule has 3 aromatic rings. The second-order valence-electron chi connectivity index (χ2n) is 6.57. The molecule has 0 atom stereocenters. The van der Waals surface area contributed by atoms with Crippen molar-refractivity contribution in [3.8, 4) is 5.75 Å². The first-order valence-corrected chi connectivity index (χ1v) is 9.52. The van der Waals surface area contributed by atoms with Crippen LogP contribution in [0.5, 0.6) is 5.75 Å². The van der Waals surface area contributed by atoms with Crippen LogP contribution in [0.15, 0.2) is 60.7 Å². The summed E-state index contributed by atoms with van der Waals surface area (Å²) < 4.78 is 15.9. The van der Waals surface area contributed by atoms with Crippen molar-refractivity contribution in [3.05, 3.63) is 99.6 Å². The van der Waals surface area contributed by atoms with Crippen molar-refractivity contribution in [3.63, 3.8) is 0 Å². The molecule has 0 radical (unpaired) electrons. The Morgan fingerprint density at radius 1 is 0.786 bits per heavy atom. The van der Waals surface area contributed by atoms with Gasteiger partial charge in [0.1, 0.15) is 5.75 Å². The monoisotopic (exact) mass is 390 g/mol. The van der Waals surface area contributed by atoms with E-state index in [1.165, 1.54) is 0 Å². The van der Waals surface area contributed by atoms with E-state index in [2.05, 4.69) is 0 Å². The minimum absolute atomic E-state index is 0.118. The lowest BCUT2D eigenvalue weighted by atomic mass is 9.86. The molecule has 0 fully saturated rings. The van der Waals surface area contributed by atoms with Gasteiger partial charge in [0.05, 0.1) is 5.56 Å². The second kappa shape index (κ2) is 8.28. The minimum Gasteiger partial charge on any atom is -0.407 e. The molecular formula is C23H19O4P. The maximum absolute atomic E-state index is 13.3. The standard InChI is InChI=1S/C23H19O4P/c1-14-13-15(2)21(23(25)18-11-7-8-12-19(18)27-28-26)16(3)20(14)22(24)17-9-5-4-6-10-17/h4-13H,1-3H3. The molecule has 0 spiro atoms. The maximum atomic E-state index is 13.3. The molecule has 0 aliphatic rings. The average molecular weight is 390 g/mol. The smallest absolute Gasteiger partial charge is 0.395 e. The zero-order chi connectivity index (χ0) is 20.3. The van der Waals surface area contributed by atoms with E-state index < -0.39 is 8.69 Å². The van der Waals surface area contributed by atoms with Crippen LogP contribution in [0.25, 0.3) is 0 Å². The summed E-state index contributed by atoms with van der Waals surface area (Å²) in [6.07, 6.45) is 0. The number of benzene rings is 3. The van der Waals surface area contributed by atoms with Gasteiger partial charge >= 0.3 is 8.69 Å². The van der Waals surface area contributed by atoms with Crippen LogP contribution in [0.4, 0.5) is 0 Å². The number of rotatable bonds is 6. The van der Waals surface area contributed by atoms with Gasteiger partial charge in [-0.05, 0) is 49.6 Å².